The summed E-state index contributed by atoms with van der Waals surface area (Å²) in [6.45, 7) is 4.30. The van der Waals surface area contributed by atoms with E-state index < -0.39 is 24.2 Å². The van der Waals surface area contributed by atoms with E-state index in [9.17, 15) is 9.59 Å². The van der Waals surface area contributed by atoms with Crippen LogP contribution in [0.3, 0.4) is 0 Å². The van der Waals surface area contributed by atoms with Crippen molar-refractivity contribution in [2.75, 3.05) is 13.7 Å². The first-order chi connectivity index (χ1) is 23.7. The molecule has 1 saturated carbocycles. The Morgan fingerprint density at radius 2 is 2.00 bits per heavy atom. The first kappa shape index (κ1) is 31.9. The average Bonchev–Trinajstić information content (AvgIpc) is 3.51. The molecule has 1 saturated heterocycles. The largest absolute Gasteiger partial charge is 0.464 e. The van der Waals surface area contributed by atoms with E-state index in [-0.39, 0.29) is 17.9 Å². The number of H-pyrrole nitrogens is 1. The van der Waals surface area contributed by atoms with Crippen LogP contribution >= 0.6 is 22.9 Å². The number of benzene rings is 2. The van der Waals surface area contributed by atoms with Gasteiger partial charge in [0.15, 0.2) is 0 Å². The fraction of sp³-hybridized carbons (Fsp3) is 0.378. The molecule has 2 amide bonds. The van der Waals surface area contributed by atoms with Crippen LogP contribution in [-0.4, -0.2) is 51.1 Å². The standard InChI is InChI=1S/C37H37ClFN5O4S/c1-19(2)33(42-37(46)47-3)35(45)43-12-4-5-28(43)34-40-18-26(41-34)21-15-25(39)32-29-16-22-14-23(38)8-10-27(22)44(29)36(48-30(32)17-21)31-11-9-24(49-31)13-20-6-7-20/h8-11,14-20,28,33,36H,4-7,12-13H2,1-3H3,(H,40,41)(H,42,46). The average molecular weight is 702 g/mol. The first-order valence-corrected chi connectivity index (χ1v) is 18.0. The summed E-state index contributed by atoms with van der Waals surface area (Å²) in [5.41, 5.74) is 3.25. The van der Waals surface area contributed by atoms with Gasteiger partial charge in [0, 0.05) is 27.4 Å². The number of hydrogen-bond donors (Lipinski definition) is 2. The number of halogens is 2. The van der Waals surface area contributed by atoms with E-state index in [0.29, 0.717) is 46.4 Å². The van der Waals surface area contributed by atoms with Gasteiger partial charge >= 0.3 is 6.09 Å². The van der Waals surface area contributed by atoms with Crippen LogP contribution in [0.1, 0.15) is 67.4 Å². The molecule has 3 atom stereocenters. The van der Waals surface area contributed by atoms with Gasteiger partial charge in [0.05, 0.1) is 46.7 Å². The predicted molar refractivity (Wildman–Crippen MR) is 187 cm³/mol. The second-order valence-electron chi connectivity index (χ2n) is 13.6. The maximum absolute atomic E-state index is 16.3. The summed E-state index contributed by atoms with van der Waals surface area (Å²) in [5, 5.41) is 4.21. The lowest BCUT2D eigenvalue weighted by Crippen LogP contribution is -2.51. The molecule has 2 aromatic carbocycles. The lowest BCUT2D eigenvalue weighted by atomic mass is 10.0. The predicted octanol–water partition coefficient (Wildman–Crippen LogP) is 8.49. The molecule has 3 unspecified atom stereocenters. The van der Waals surface area contributed by atoms with E-state index in [1.165, 1.54) is 30.9 Å². The lowest BCUT2D eigenvalue weighted by molar-refractivity contribution is -0.135. The van der Waals surface area contributed by atoms with Crippen molar-refractivity contribution in [1.82, 2.24) is 24.8 Å². The highest BCUT2D eigenvalue weighted by Gasteiger charge is 2.38. The Balaban J connectivity index is 1.13. The van der Waals surface area contributed by atoms with Gasteiger partial charge in [-0.1, -0.05) is 25.4 Å². The maximum Gasteiger partial charge on any atom is 0.407 e. The number of carbonyl (C=O) groups is 2. The molecule has 49 heavy (non-hydrogen) atoms. The van der Waals surface area contributed by atoms with E-state index in [1.54, 1.807) is 22.4 Å². The molecule has 12 heteroatoms. The monoisotopic (exact) mass is 701 g/mol. The zero-order chi connectivity index (χ0) is 34.0. The van der Waals surface area contributed by atoms with Crippen molar-refractivity contribution in [1.29, 1.82) is 0 Å². The van der Waals surface area contributed by atoms with Crippen LogP contribution in [0, 0.1) is 17.7 Å². The second-order valence-corrected chi connectivity index (χ2v) is 15.2. The highest BCUT2D eigenvalue weighted by atomic mass is 35.5. The number of nitrogens with zero attached hydrogens (tertiary/aromatic N) is 3. The molecule has 8 rings (SSSR count). The van der Waals surface area contributed by atoms with Gasteiger partial charge in [-0.25, -0.2) is 14.2 Å². The Labute approximate surface area is 292 Å². The Hall–Kier alpha value is -4.35. The van der Waals surface area contributed by atoms with Gasteiger partial charge < -0.3 is 24.7 Å². The molecule has 254 valence electrons. The minimum atomic E-state index is -0.734. The van der Waals surface area contributed by atoms with Crippen molar-refractivity contribution >= 4 is 45.8 Å². The van der Waals surface area contributed by atoms with Gasteiger partial charge in [0.25, 0.3) is 0 Å². The number of aromatic amines is 1. The number of ether oxygens (including phenoxy) is 2. The number of likely N-dealkylation sites (tertiary alicyclic amines) is 1. The molecule has 3 aromatic heterocycles. The Bertz CT molecular complexity index is 2080. The number of rotatable bonds is 8. The van der Waals surface area contributed by atoms with E-state index in [4.69, 9.17) is 21.1 Å². The normalized spacial score (nSPS) is 19.1. The molecular formula is C37H37ClFN5O4S. The third-order valence-corrected chi connectivity index (χ3v) is 11.2. The van der Waals surface area contributed by atoms with Crippen LogP contribution in [0.5, 0.6) is 5.75 Å². The van der Waals surface area contributed by atoms with Gasteiger partial charge in [-0.2, -0.15) is 0 Å². The van der Waals surface area contributed by atoms with Crippen molar-refractivity contribution < 1.29 is 23.5 Å². The quantitative estimate of drug-likeness (QED) is 0.169. The molecule has 2 aliphatic heterocycles. The smallest absolute Gasteiger partial charge is 0.407 e. The van der Waals surface area contributed by atoms with Crippen LogP contribution in [-0.2, 0) is 16.0 Å². The number of aromatic nitrogens is 3. The summed E-state index contributed by atoms with van der Waals surface area (Å²) in [6, 6.07) is 14.3. The maximum atomic E-state index is 16.3. The molecule has 2 fully saturated rings. The number of imidazole rings is 1. The zero-order valence-corrected chi connectivity index (χ0v) is 29.0. The molecule has 0 bridgehead atoms. The van der Waals surface area contributed by atoms with Gasteiger partial charge in [0.2, 0.25) is 12.1 Å². The van der Waals surface area contributed by atoms with Gasteiger partial charge in [-0.05, 0) is 92.5 Å². The third kappa shape index (κ3) is 5.86. The van der Waals surface area contributed by atoms with Gasteiger partial charge in [-0.15, -0.1) is 11.3 Å². The van der Waals surface area contributed by atoms with Crippen LogP contribution in [0.4, 0.5) is 9.18 Å². The number of hydrogen-bond acceptors (Lipinski definition) is 6. The van der Waals surface area contributed by atoms with E-state index in [2.05, 4.69) is 32.0 Å². The molecule has 5 aromatic rings. The molecule has 3 aliphatic rings. The molecule has 0 radical (unpaired) electrons. The molecule has 1 aliphatic carbocycles. The van der Waals surface area contributed by atoms with Crippen LogP contribution in [0.25, 0.3) is 33.4 Å². The summed E-state index contributed by atoms with van der Waals surface area (Å²) >= 11 is 8.13. The number of amides is 2. The highest BCUT2D eigenvalue weighted by Crippen LogP contribution is 2.48. The summed E-state index contributed by atoms with van der Waals surface area (Å²) in [5.74, 6) is 1.08. The van der Waals surface area contributed by atoms with Crippen LogP contribution in [0.15, 0.2) is 54.7 Å². The number of nitrogens with one attached hydrogen (secondary N) is 2. The number of thiophene rings is 1. The third-order valence-electron chi connectivity index (χ3n) is 9.85. The molecule has 2 N–H and O–H groups in total. The van der Waals surface area contributed by atoms with Crippen molar-refractivity contribution in [3.8, 4) is 28.3 Å². The second kappa shape index (κ2) is 12.5. The first-order valence-electron chi connectivity index (χ1n) is 16.8. The topological polar surface area (TPSA) is 101 Å². The minimum absolute atomic E-state index is 0.142. The van der Waals surface area contributed by atoms with Gasteiger partial charge in [0.1, 0.15) is 23.4 Å². The molecule has 0 spiro atoms. The molecule has 5 heterocycles. The Morgan fingerprint density at radius 1 is 1.16 bits per heavy atom. The molecular weight excluding hydrogens is 665 g/mol. The summed E-state index contributed by atoms with van der Waals surface area (Å²) < 4.78 is 29.9. The summed E-state index contributed by atoms with van der Waals surface area (Å²) in [7, 11) is 1.28. The number of fused-ring (bicyclic) bond motifs is 5. The zero-order valence-electron chi connectivity index (χ0n) is 27.5. The van der Waals surface area contributed by atoms with Crippen molar-refractivity contribution in [2.24, 2.45) is 11.8 Å². The van der Waals surface area contributed by atoms with Gasteiger partial charge in [-0.3, -0.25) is 9.36 Å². The van der Waals surface area contributed by atoms with Crippen molar-refractivity contribution in [3.05, 3.63) is 81.1 Å². The van der Waals surface area contributed by atoms with Crippen LogP contribution < -0.4 is 10.1 Å². The number of alkyl carbamates (subject to hydrolysis) is 1. The number of methoxy groups -OCH3 is 1. The lowest BCUT2D eigenvalue weighted by Gasteiger charge is -2.30. The Morgan fingerprint density at radius 3 is 2.78 bits per heavy atom. The fourth-order valence-corrected chi connectivity index (χ4v) is 8.51. The Kier molecular flexibility index (Phi) is 8.15. The number of carbonyl (C=O) groups excluding carboxylic acids is 2. The minimum Gasteiger partial charge on any atom is -0.464 e. The highest BCUT2D eigenvalue weighted by molar-refractivity contribution is 7.12. The van der Waals surface area contributed by atoms with E-state index in [0.717, 1.165) is 40.2 Å². The van der Waals surface area contributed by atoms with Crippen LogP contribution in [0.2, 0.25) is 5.02 Å². The van der Waals surface area contributed by atoms with E-state index in [1.807, 2.05) is 44.2 Å². The fourth-order valence-electron chi connectivity index (χ4n) is 7.18. The summed E-state index contributed by atoms with van der Waals surface area (Å²) in [4.78, 5) is 37.8. The summed E-state index contributed by atoms with van der Waals surface area (Å²) in [6.07, 6.45) is 5.70. The van der Waals surface area contributed by atoms with Crippen molar-refractivity contribution in [2.45, 2.75) is 64.3 Å². The van der Waals surface area contributed by atoms with E-state index >= 15 is 4.39 Å². The van der Waals surface area contributed by atoms with Crippen molar-refractivity contribution in [3.63, 3.8) is 0 Å². The molecule has 9 nitrogen and oxygen atoms in total. The SMILES string of the molecule is COC(=O)NC(C(=O)N1CCCC1c1ncc(-c2cc(F)c3c(c2)OC(c2ccc(CC4CC4)s2)n2c-3cc3cc(Cl)ccc32)[nH]1)C(C)C.